The molecule has 0 saturated carbocycles. The summed E-state index contributed by atoms with van der Waals surface area (Å²) in [5.41, 5.74) is 0.800. The summed E-state index contributed by atoms with van der Waals surface area (Å²) in [4.78, 5) is 11.8. The van der Waals surface area contributed by atoms with Crippen molar-refractivity contribution >= 4 is 5.91 Å². The van der Waals surface area contributed by atoms with Crippen molar-refractivity contribution in [2.24, 2.45) is 5.41 Å². The number of hydrogen-bond acceptors (Lipinski definition) is 2. The van der Waals surface area contributed by atoms with Gasteiger partial charge in [-0.25, -0.2) is 4.39 Å². The molecule has 0 aliphatic heterocycles. The Balaban J connectivity index is 2.46. The molecule has 19 heavy (non-hydrogen) atoms. The molecule has 0 heterocycles. The fourth-order valence-electron chi connectivity index (χ4n) is 1.76. The van der Waals surface area contributed by atoms with E-state index in [9.17, 15) is 9.18 Å². The minimum Gasteiger partial charge on any atom is -0.396 e. The molecule has 0 aliphatic carbocycles. The van der Waals surface area contributed by atoms with Crippen molar-refractivity contribution in [2.75, 3.05) is 13.2 Å². The van der Waals surface area contributed by atoms with Gasteiger partial charge in [0, 0.05) is 13.2 Å². The fourth-order valence-corrected chi connectivity index (χ4v) is 1.76. The largest absolute Gasteiger partial charge is 0.396 e. The van der Waals surface area contributed by atoms with Crippen LogP contribution in [0.2, 0.25) is 0 Å². The van der Waals surface area contributed by atoms with Crippen LogP contribution in [0.1, 0.15) is 42.6 Å². The van der Waals surface area contributed by atoms with Gasteiger partial charge in [0.25, 0.3) is 5.91 Å². The molecule has 0 unspecified atom stereocenters. The third-order valence-electron chi connectivity index (χ3n) is 3.11. The normalized spacial score (nSPS) is 11.4. The number of rotatable bonds is 6. The maximum atomic E-state index is 13.5. The molecule has 2 N–H and O–H groups in total. The SMILES string of the molecule is Cc1ccc(F)c(C(=O)NCCCC(C)(C)CO)c1. The van der Waals surface area contributed by atoms with Crippen molar-refractivity contribution in [3.8, 4) is 0 Å². The monoisotopic (exact) mass is 267 g/mol. The topological polar surface area (TPSA) is 49.3 Å². The number of aliphatic hydroxyl groups is 1. The van der Waals surface area contributed by atoms with E-state index >= 15 is 0 Å². The second kappa shape index (κ2) is 6.66. The second-order valence-corrected chi connectivity index (χ2v) is 5.67. The van der Waals surface area contributed by atoms with Crippen molar-refractivity contribution in [1.29, 1.82) is 0 Å². The summed E-state index contributed by atoms with van der Waals surface area (Å²) >= 11 is 0. The van der Waals surface area contributed by atoms with Crippen LogP contribution in [0.4, 0.5) is 4.39 Å². The van der Waals surface area contributed by atoms with Crippen LogP contribution in [0.15, 0.2) is 18.2 Å². The third-order valence-corrected chi connectivity index (χ3v) is 3.11. The average molecular weight is 267 g/mol. The van der Waals surface area contributed by atoms with E-state index in [0.717, 1.165) is 18.4 Å². The first-order valence-electron chi connectivity index (χ1n) is 6.51. The van der Waals surface area contributed by atoms with Crippen molar-refractivity contribution in [3.63, 3.8) is 0 Å². The minimum atomic E-state index is -0.501. The zero-order valence-corrected chi connectivity index (χ0v) is 11.8. The van der Waals surface area contributed by atoms with Gasteiger partial charge >= 0.3 is 0 Å². The van der Waals surface area contributed by atoms with Crippen molar-refractivity contribution < 1.29 is 14.3 Å². The lowest BCUT2D eigenvalue weighted by Crippen LogP contribution is -2.27. The number of hydrogen-bond donors (Lipinski definition) is 2. The van der Waals surface area contributed by atoms with E-state index in [-0.39, 0.29) is 23.5 Å². The van der Waals surface area contributed by atoms with E-state index in [1.807, 2.05) is 20.8 Å². The molecular formula is C15H22FNO2. The third kappa shape index (κ3) is 4.99. The van der Waals surface area contributed by atoms with Crippen molar-refractivity contribution in [1.82, 2.24) is 5.32 Å². The van der Waals surface area contributed by atoms with Gasteiger partial charge in [-0.05, 0) is 37.3 Å². The van der Waals surface area contributed by atoms with Crippen LogP contribution in [0, 0.1) is 18.2 Å². The molecule has 0 atom stereocenters. The summed E-state index contributed by atoms with van der Waals surface area (Å²) in [6, 6.07) is 4.48. The Morgan fingerprint density at radius 2 is 2.11 bits per heavy atom. The highest BCUT2D eigenvalue weighted by atomic mass is 19.1. The van der Waals surface area contributed by atoms with E-state index in [1.54, 1.807) is 12.1 Å². The Morgan fingerprint density at radius 3 is 2.74 bits per heavy atom. The number of nitrogens with one attached hydrogen (secondary N) is 1. The summed E-state index contributed by atoms with van der Waals surface area (Å²) in [7, 11) is 0. The van der Waals surface area contributed by atoms with E-state index < -0.39 is 5.82 Å². The number of benzene rings is 1. The molecule has 1 aromatic carbocycles. The number of aryl methyl sites for hydroxylation is 1. The maximum absolute atomic E-state index is 13.5. The first-order chi connectivity index (χ1) is 8.85. The lowest BCUT2D eigenvalue weighted by molar-refractivity contribution is 0.0944. The molecule has 3 nitrogen and oxygen atoms in total. The highest BCUT2D eigenvalue weighted by Crippen LogP contribution is 2.20. The highest BCUT2D eigenvalue weighted by Gasteiger charge is 2.16. The first-order valence-corrected chi connectivity index (χ1v) is 6.51. The van der Waals surface area contributed by atoms with Gasteiger partial charge in [0.15, 0.2) is 0 Å². The highest BCUT2D eigenvalue weighted by molar-refractivity contribution is 5.94. The molecule has 106 valence electrons. The van der Waals surface area contributed by atoms with Gasteiger partial charge in [0.2, 0.25) is 0 Å². The van der Waals surface area contributed by atoms with E-state index in [1.165, 1.54) is 6.07 Å². The predicted octanol–water partition coefficient (Wildman–Crippen LogP) is 2.66. The molecule has 0 aromatic heterocycles. The average Bonchev–Trinajstić information content (AvgIpc) is 2.37. The molecular weight excluding hydrogens is 245 g/mol. The van der Waals surface area contributed by atoms with Gasteiger partial charge in [0.1, 0.15) is 5.82 Å². The molecule has 4 heteroatoms. The number of halogens is 1. The van der Waals surface area contributed by atoms with Crippen LogP contribution >= 0.6 is 0 Å². The van der Waals surface area contributed by atoms with E-state index in [0.29, 0.717) is 6.54 Å². The lowest BCUT2D eigenvalue weighted by atomic mass is 9.89. The van der Waals surface area contributed by atoms with Crippen LogP contribution < -0.4 is 5.32 Å². The second-order valence-electron chi connectivity index (χ2n) is 5.67. The summed E-state index contributed by atoms with van der Waals surface area (Å²) in [6.45, 7) is 6.35. The zero-order chi connectivity index (χ0) is 14.5. The van der Waals surface area contributed by atoms with E-state index in [2.05, 4.69) is 5.32 Å². The summed E-state index contributed by atoms with van der Waals surface area (Å²) in [5.74, 6) is -0.887. The summed E-state index contributed by atoms with van der Waals surface area (Å²) in [6.07, 6.45) is 1.56. The summed E-state index contributed by atoms with van der Waals surface area (Å²) < 4.78 is 13.5. The first kappa shape index (κ1) is 15.6. The standard InChI is InChI=1S/C15H22FNO2/c1-11-5-6-13(16)12(9-11)14(19)17-8-4-7-15(2,3)10-18/h5-6,9,18H,4,7-8,10H2,1-3H3,(H,17,19). The van der Waals surface area contributed by atoms with Crippen LogP contribution in [-0.2, 0) is 0 Å². The molecule has 1 aromatic rings. The molecule has 0 fully saturated rings. The Labute approximate surface area is 113 Å². The Morgan fingerprint density at radius 1 is 1.42 bits per heavy atom. The molecule has 0 radical (unpaired) electrons. The van der Waals surface area contributed by atoms with Gasteiger partial charge in [-0.15, -0.1) is 0 Å². The van der Waals surface area contributed by atoms with Crippen LogP contribution in [-0.4, -0.2) is 24.2 Å². The minimum absolute atomic E-state index is 0.0846. The van der Waals surface area contributed by atoms with E-state index in [4.69, 9.17) is 5.11 Å². The Hall–Kier alpha value is -1.42. The molecule has 1 amide bonds. The number of carbonyl (C=O) groups is 1. The molecule has 0 bridgehead atoms. The predicted molar refractivity (Wildman–Crippen MR) is 73.6 cm³/mol. The van der Waals surface area contributed by atoms with Crippen LogP contribution in [0.3, 0.4) is 0 Å². The van der Waals surface area contributed by atoms with Gasteiger partial charge in [-0.1, -0.05) is 25.5 Å². The summed E-state index contributed by atoms with van der Waals surface area (Å²) in [5, 5.41) is 11.8. The quantitative estimate of drug-likeness (QED) is 0.778. The Kier molecular flexibility index (Phi) is 5.48. The van der Waals surface area contributed by atoms with Gasteiger partial charge in [0.05, 0.1) is 5.56 Å². The Bertz CT molecular complexity index is 444. The van der Waals surface area contributed by atoms with Crippen LogP contribution in [0.5, 0.6) is 0 Å². The number of aliphatic hydroxyl groups excluding tert-OH is 1. The van der Waals surface area contributed by atoms with Gasteiger partial charge in [-0.2, -0.15) is 0 Å². The number of amides is 1. The van der Waals surface area contributed by atoms with Gasteiger partial charge in [-0.3, -0.25) is 4.79 Å². The fraction of sp³-hybridized carbons (Fsp3) is 0.533. The van der Waals surface area contributed by atoms with Crippen LogP contribution in [0.25, 0.3) is 0 Å². The van der Waals surface area contributed by atoms with Crippen molar-refractivity contribution in [2.45, 2.75) is 33.6 Å². The molecule has 0 aliphatic rings. The van der Waals surface area contributed by atoms with Gasteiger partial charge < -0.3 is 10.4 Å². The van der Waals surface area contributed by atoms with Crippen molar-refractivity contribution in [3.05, 3.63) is 35.1 Å². The lowest BCUT2D eigenvalue weighted by Gasteiger charge is -2.21. The maximum Gasteiger partial charge on any atom is 0.254 e. The molecule has 0 saturated heterocycles. The smallest absolute Gasteiger partial charge is 0.254 e. The molecule has 1 rings (SSSR count). The zero-order valence-electron chi connectivity index (χ0n) is 11.8. The molecule has 0 spiro atoms. The number of carbonyl (C=O) groups excluding carboxylic acids is 1.